The Kier molecular flexibility index (Phi) is 4.19. The minimum Gasteiger partial charge on any atom is -0.292 e. The van der Waals surface area contributed by atoms with Crippen LogP contribution in [0.1, 0.15) is 28.4 Å². The van der Waals surface area contributed by atoms with Crippen LogP contribution >= 0.6 is 11.6 Å². The molecule has 1 aromatic carbocycles. The molecule has 0 heterocycles. The fourth-order valence-electron chi connectivity index (χ4n) is 1.49. The van der Waals surface area contributed by atoms with Gasteiger partial charge in [-0.05, 0) is 19.1 Å². The lowest BCUT2D eigenvalue weighted by Gasteiger charge is -2.18. The molecule has 0 aliphatic carbocycles. The molecule has 0 aliphatic heterocycles. The quantitative estimate of drug-likeness (QED) is 0.445. The van der Waals surface area contributed by atoms with Gasteiger partial charge in [0.05, 0.1) is 16.5 Å². The number of halogens is 7. The van der Waals surface area contributed by atoms with Gasteiger partial charge in [0, 0.05) is 5.56 Å². The van der Waals surface area contributed by atoms with Crippen molar-refractivity contribution in [3.05, 3.63) is 34.9 Å². The first-order chi connectivity index (χ1) is 8.46. The van der Waals surface area contributed by atoms with E-state index in [4.69, 9.17) is 11.6 Å². The lowest BCUT2D eigenvalue weighted by molar-refractivity contribution is -0.143. The summed E-state index contributed by atoms with van der Waals surface area (Å²) in [7, 11) is 0. The van der Waals surface area contributed by atoms with Gasteiger partial charge in [-0.2, -0.15) is 26.3 Å². The molecule has 1 rings (SSSR count). The summed E-state index contributed by atoms with van der Waals surface area (Å²) in [4.78, 5) is 11.5. The Hall–Kier alpha value is -1.24. The molecule has 8 heteroatoms. The molecular formula is C11H7ClF6O. The van der Waals surface area contributed by atoms with Crippen molar-refractivity contribution in [2.75, 3.05) is 0 Å². The molecule has 0 aliphatic rings. The molecule has 106 valence electrons. The van der Waals surface area contributed by atoms with E-state index in [9.17, 15) is 31.1 Å². The van der Waals surface area contributed by atoms with E-state index in [0.717, 1.165) is 6.92 Å². The zero-order chi connectivity index (χ0) is 15.0. The predicted molar refractivity (Wildman–Crippen MR) is 56.1 cm³/mol. The van der Waals surface area contributed by atoms with Crippen molar-refractivity contribution in [1.29, 1.82) is 0 Å². The van der Waals surface area contributed by atoms with Crippen LogP contribution < -0.4 is 0 Å². The van der Waals surface area contributed by atoms with Gasteiger partial charge in [0.15, 0.2) is 5.78 Å². The number of alkyl halides is 7. The zero-order valence-corrected chi connectivity index (χ0v) is 10.1. The highest BCUT2D eigenvalue weighted by Crippen LogP contribution is 2.40. The van der Waals surface area contributed by atoms with Crippen molar-refractivity contribution in [2.24, 2.45) is 0 Å². The smallest absolute Gasteiger partial charge is 0.292 e. The van der Waals surface area contributed by atoms with Gasteiger partial charge in [-0.1, -0.05) is 6.07 Å². The van der Waals surface area contributed by atoms with Gasteiger partial charge in [0.2, 0.25) is 0 Å². The number of carbonyl (C=O) groups is 1. The lowest BCUT2D eigenvalue weighted by Crippen LogP contribution is -2.23. The molecule has 0 radical (unpaired) electrons. The minimum atomic E-state index is -5.07. The number of rotatable bonds is 2. The Morgan fingerprint density at radius 2 is 1.42 bits per heavy atom. The summed E-state index contributed by atoms with van der Waals surface area (Å²) >= 11 is 5.32. The minimum absolute atomic E-state index is 0.418. The number of benzene rings is 1. The fourth-order valence-corrected chi connectivity index (χ4v) is 1.60. The first-order valence-electron chi connectivity index (χ1n) is 4.92. The number of hydrogen-bond acceptors (Lipinski definition) is 1. The van der Waals surface area contributed by atoms with Crippen molar-refractivity contribution < 1.29 is 31.1 Å². The average Bonchev–Trinajstić information content (AvgIpc) is 2.24. The van der Waals surface area contributed by atoms with Crippen LogP contribution in [0, 0.1) is 0 Å². The molecular weight excluding hydrogens is 298 g/mol. The standard InChI is InChI=1S/C11H7ClF6O/c1-5(12)9(19)8-6(10(13,14)15)3-2-4-7(8)11(16,17)18/h2-5H,1H3. The topological polar surface area (TPSA) is 17.1 Å². The van der Waals surface area contributed by atoms with Gasteiger partial charge in [0.25, 0.3) is 0 Å². The van der Waals surface area contributed by atoms with Crippen molar-refractivity contribution in [1.82, 2.24) is 0 Å². The van der Waals surface area contributed by atoms with E-state index in [1.165, 1.54) is 0 Å². The van der Waals surface area contributed by atoms with E-state index in [0.29, 0.717) is 18.2 Å². The Balaban J connectivity index is 3.65. The van der Waals surface area contributed by atoms with Crippen LogP contribution in [-0.4, -0.2) is 11.2 Å². The second kappa shape index (κ2) is 5.03. The van der Waals surface area contributed by atoms with Gasteiger partial charge in [0.1, 0.15) is 0 Å². The van der Waals surface area contributed by atoms with Crippen LogP contribution in [0.5, 0.6) is 0 Å². The summed E-state index contributed by atoms with van der Waals surface area (Å²) < 4.78 is 76.1. The Morgan fingerprint density at radius 3 is 1.68 bits per heavy atom. The van der Waals surface area contributed by atoms with Gasteiger partial charge in [-0.15, -0.1) is 11.6 Å². The molecule has 0 saturated carbocycles. The number of Topliss-reactive ketones (excluding diaryl/α,β-unsaturated/α-hetero) is 1. The monoisotopic (exact) mass is 304 g/mol. The second-order valence-electron chi connectivity index (χ2n) is 3.70. The normalized spacial score (nSPS) is 14.3. The largest absolute Gasteiger partial charge is 0.417 e. The maximum absolute atomic E-state index is 12.7. The maximum atomic E-state index is 12.7. The highest BCUT2D eigenvalue weighted by molar-refractivity contribution is 6.34. The summed E-state index contributed by atoms with van der Waals surface area (Å²) in [6.45, 7) is 1.01. The molecule has 1 atom stereocenters. The molecule has 0 fully saturated rings. The predicted octanol–water partition coefficient (Wildman–Crippen LogP) is 4.53. The summed E-state index contributed by atoms with van der Waals surface area (Å²) in [6, 6.07) is 1.44. The Morgan fingerprint density at radius 1 is 1.05 bits per heavy atom. The van der Waals surface area contributed by atoms with E-state index in [1.807, 2.05) is 0 Å². The molecule has 0 amide bonds. The summed E-state index contributed by atoms with van der Waals surface area (Å²) in [6.07, 6.45) is -10.1. The fraction of sp³-hybridized carbons (Fsp3) is 0.364. The van der Waals surface area contributed by atoms with Gasteiger partial charge < -0.3 is 0 Å². The van der Waals surface area contributed by atoms with Gasteiger partial charge in [-0.3, -0.25) is 4.79 Å². The molecule has 1 nitrogen and oxygen atoms in total. The van der Waals surface area contributed by atoms with Crippen molar-refractivity contribution in [2.45, 2.75) is 24.7 Å². The zero-order valence-electron chi connectivity index (χ0n) is 9.36. The second-order valence-corrected chi connectivity index (χ2v) is 4.36. The van der Waals surface area contributed by atoms with Crippen molar-refractivity contribution in [3.63, 3.8) is 0 Å². The molecule has 0 spiro atoms. The Bertz CT molecular complexity index is 457. The van der Waals surface area contributed by atoms with E-state index in [2.05, 4.69) is 0 Å². The van der Waals surface area contributed by atoms with Crippen LogP contribution in [0.3, 0.4) is 0 Å². The number of hydrogen-bond donors (Lipinski definition) is 0. The summed E-state index contributed by atoms with van der Waals surface area (Å²) in [5.74, 6) is -1.41. The van der Waals surface area contributed by atoms with E-state index >= 15 is 0 Å². The molecule has 0 saturated heterocycles. The molecule has 19 heavy (non-hydrogen) atoms. The Labute approximate surface area is 109 Å². The van der Waals surface area contributed by atoms with Gasteiger partial charge >= 0.3 is 12.4 Å². The molecule has 1 aromatic rings. The first kappa shape index (κ1) is 15.8. The third kappa shape index (κ3) is 3.40. The molecule has 1 unspecified atom stereocenters. The SMILES string of the molecule is CC(Cl)C(=O)c1c(C(F)(F)F)cccc1C(F)(F)F. The summed E-state index contributed by atoms with van der Waals surface area (Å²) in [5, 5.41) is -1.50. The highest BCUT2D eigenvalue weighted by Gasteiger charge is 2.43. The first-order valence-corrected chi connectivity index (χ1v) is 5.35. The van der Waals surface area contributed by atoms with Crippen LogP contribution in [0.25, 0.3) is 0 Å². The van der Waals surface area contributed by atoms with Crippen molar-refractivity contribution in [3.8, 4) is 0 Å². The molecule has 0 N–H and O–H groups in total. The summed E-state index contributed by atoms with van der Waals surface area (Å²) in [5.41, 5.74) is -4.72. The number of ketones is 1. The average molecular weight is 305 g/mol. The lowest BCUT2D eigenvalue weighted by atomic mass is 9.95. The van der Waals surface area contributed by atoms with Crippen LogP contribution in [0.2, 0.25) is 0 Å². The van der Waals surface area contributed by atoms with E-state index < -0.39 is 40.2 Å². The van der Waals surface area contributed by atoms with Crippen LogP contribution in [-0.2, 0) is 12.4 Å². The van der Waals surface area contributed by atoms with Crippen LogP contribution in [0.15, 0.2) is 18.2 Å². The highest BCUT2D eigenvalue weighted by atomic mass is 35.5. The third-order valence-corrected chi connectivity index (χ3v) is 2.48. The van der Waals surface area contributed by atoms with E-state index in [-0.39, 0.29) is 0 Å². The maximum Gasteiger partial charge on any atom is 0.417 e. The van der Waals surface area contributed by atoms with Crippen LogP contribution in [0.4, 0.5) is 26.3 Å². The van der Waals surface area contributed by atoms with E-state index in [1.54, 1.807) is 0 Å². The van der Waals surface area contributed by atoms with Crippen molar-refractivity contribution >= 4 is 17.4 Å². The third-order valence-electron chi connectivity index (χ3n) is 2.28. The molecule has 0 aromatic heterocycles. The van der Waals surface area contributed by atoms with Gasteiger partial charge in [-0.25, -0.2) is 0 Å². The molecule has 0 bridgehead atoms. The number of carbonyl (C=O) groups excluding carboxylic acids is 1.